The fraction of sp³-hybridized carbons (Fsp3) is 0.833. The quantitative estimate of drug-likeness (QED) is 0.572. The third kappa shape index (κ3) is 8.68. The van der Waals surface area contributed by atoms with Crippen LogP contribution in [-0.4, -0.2) is 49.7 Å². The zero-order chi connectivity index (χ0) is 13.1. The second kappa shape index (κ2) is 10.1. The lowest BCUT2D eigenvalue weighted by atomic mass is 10.3. The van der Waals surface area contributed by atoms with E-state index in [1.165, 1.54) is 0 Å². The molecule has 17 heavy (non-hydrogen) atoms. The van der Waals surface area contributed by atoms with Crippen LogP contribution in [-0.2, 0) is 19.1 Å². The molecule has 5 nitrogen and oxygen atoms in total. The monoisotopic (exact) mass is 245 g/mol. The number of rotatable bonds is 9. The number of hydrogen-bond acceptors (Lipinski definition) is 5. The van der Waals surface area contributed by atoms with Gasteiger partial charge in [-0.15, -0.1) is 0 Å². The van der Waals surface area contributed by atoms with Gasteiger partial charge < -0.3 is 9.47 Å². The van der Waals surface area contributed by atoms with Crippen molar-refractivity contribution in [3.8, 4) is 0 Å². The maximum Gasteiger partial charge on any atom is 0.320 e. The first-order valence-corrected chi connectivity index (χ1v) is 6.17. The summed E-state index contributed by atoms with van der Waals surface area (Å²) >= 11 is 0. The van der Waals surface area contributed by atoms with Crippen LogP contribution < -0.4 is 0 Å². The van der Waals surface area contributed by atoms with Gasteiger partial charge in [-0.05, 0) is 33.4 Å². The minimum Gasteiger partial charge on any atom is -0.466 e. The molecule has 5 heteroatoms. The molecule has 0 radical (unpaired) electrons. The van der Waals surface area contributed by atoms with E-state index >= 15 is 0 Å². The van der Waals surface area contributed by atoms with Crippen LogP contribution >= 0.6 is 0 Å². The van der Waals surface area contributed by atoms with Crippen molar-refractivity contribution >= 4 is 11.9 Å². The predicted molar refractivity (Wildman–Crippen MR) is 64.6 cm³/mol. The van der Waals surface area contributed by atoms with Crippen LogP contribution in [0.5, 0.6) is 0 Å². The van der Waals surface area contributed by atoms with Gasteiger partial charge in [0.25, 0.3) is 0 Å². The van der Waals surface area contributed by atoms with Gasteiger partial charge in [0, 0.05) is 6.42 Å². The van der Waals surface area contributed by atoms with E-state index in [2.05, 4.69) is 0 Å². The molecule has 0 unspecified atom stereocenters. The second-order valence-electron chi connectivity index (χ2n) is 3.58. The summed E-state index contributed by atoms with van der Waals surface area (Å²) in [5, 5.41) is 0. The highest BCUT2D eigenvalue weighted by molar-refractivity contribution is 5.71. The Bertz CT molecular complexity index is 231. The highest BCUT2D eigenvalue weighted by atomic mass is 16.5. The minimum atomic E-state index is -0.217. The lowest BCUT2D eigenvalue weighted by Crippen LogP contribution is -2.32. The molecule has 0 spiro atoms. The van der Waals surface area contributed by atoms with Crippen molar-refractivity contribution in [3.05, 3.63) is 0 Å². The summed E-state index contributed by atoms with van der Waals surface area (Å²) in [6.45, 7) is 8.12. The Morgan fingerprint density at radius 1 is 1.00 bits per heavy atom. The van der Waals surface area contributed by atoms with Crippen molar-refractivity contribution in [1.29, 1.82) is 0 Å². The predicted octanol–water partition coefficient (Wildman–Crippen LogP) is 1.21. The Labute approximate surface area is 103 Å². The van der Waals surface area contributed by atoms with Crippen molar-refractivity contribution in [2.24, 2.45) is 0 Å². The molecule has 0 saturated heterocycles. The van der Waals surface area contributed by atoms with Crippen LogP contribution in [0.2, 0.25) is 0 Å². The SMILES string of the molecule is CCOC(=O)CCCN(CC)CC(=O)OCC. The Kier molecular flexibility index (Phi) is 9.43. The third-order valence-corrected chi connectivity index (χ3v) is 2.27. The van der Waals surface area contributed by atoms with Gasteiger partial charge >= 0.3 is 11.9 Å². The standard InChI is InChI=1S/C12H23NO4/c1-4-13(10-12(15)17-6-3)9-7-8-11(14)16-5-2/h4-10H2,1-3H3. The Morgan fingerprint density at radius 3 is 2.12 bits per heavy atom. The second-order valence-corrected chi connectivity index (χ2v) is 3.58. The normalized spacial score (nSPS) is 10.4. The van der Waals surface area contributed by atoms with Crippen LogP contribution in [0.25, 0.3) is 0 Å². The van der Waals surface area contributed by atoms with Crippen molar-refractivity contribution in [2.75, 3.05) is 32.8 Å². The van der Waals surface area contributed by atoms with Crippen molar-refractivity contribution in [2.45, 2.75) is 33.6 Å². The number of hydrogen-bond donors (Lipinski definition) is 0. The topological polar surface area (TPSA) is 55.8 Å². The molecule has 0 rings (SSSR count). The number of esters is 2. The summed E-state index contributed by atoms with van der Waals surface area (Å²) in [5.74, 6) is -0.398. The Balaban J connectivity index is 3.74. The molecule has 0 aliphatic rings. The van der Waals surface area contributed by atoms with Crippen LogP contribution in [0.15, 0.2) is 0 Å². The molecule has 0 aromatic rings. The molecule has 0 aliphatic carbocycles. The molecule has 0 aliphatic heterocycles. The average Bonchev–Trinajstić information content (AvgIpc) is 2.28. The molecule has 100 valence electrons. The molecule has 0 saturated carbocycles. The Hall–Kier alpha value is -1.10. The summed E-state index contributed by atoms with van der Waals surface area (Å²) in [7, 11) is 0. The summed E-state index contributed by atoms with van der Waals surface area (Å²) in [5.41, 5.74) is 0. The zero-order valence-electron chi connectivity index (χ0n) is 11.0. The fourth-order valence-corrected chi connectivity index (χ4v) is 1.42. The molecule has 0 aromatic heterocycles. The van der Waals surface area contributed by atoms with Crippen molar-refractivity contribution < 1.29 is 19.1 Å². The average molecular weight is 245 g/mol. The summed E-state index contributed by atoms with van der Waals surface area (Å²) in [6, 6.07) is 0. The molecule has 0 atom stereocenters. The Morgan fingerprint density at radius 2 is 1.59 bits per heavy atom. The number of carbonyl (C=O) groups excluding carboxylic acids is 2. The highest BCUT2D eigenvalue weighted by Crippen LogP contribution is 1.98. The van der Waals surface area contributed by atoms with Gasteiger partial charge in [-0.3, -0.25) is 14.5 Å². The maximum absolute atomic E-state index is 11.3. The van der Waals surface area contributed by atoms with E-state index < -0.39 is 0 Å². The van der Waals surface area contributed by atoms with Gasteiger partial charge in [-0.25, -0.2) is 0 Å². The van der Waals surface area contributed by atoms with Crippen LogP contribution in [0.4, 0.5) is 0 Å². The first-order valence-electron chi connectivity index (χ1n) is 6.17. The molecule has 0 amide bonds. The van der Waals surface area contributed by atoms with Crippen LogP contribution in [0.3, 0.4) is 0 Å². The number of ether oxygens (including phenoxy) is 2. The van der Waals surface area contributed by atoms with Gasteiger partial charge in [-0.2, -0.15) is 0 Å². The summed E-state index contributed by atoms with van der Waals surface area (Å²) < 4.78 is 9.70. The lowest BCUT2D eigenvalue weighted by molar-refractivity contribution is -0.144. The summed E-state index contributed by atoms with van der Waals surface area (Å²) in [4.78, 5) is 24.3. The zero-order valence-corrected chi connectivity index (χ0v) is 11.0. The van der Waals surface area contributed by atoms with Gasteiger partial charge in [0.2, 0.25) is 0 Å². The van der Waals surface area contributed by atoms with Gasteiger partial charge in [0.1, 0.15) is 0 Å². The molecule has 0 aromatic carbocycles. The minimum absolute atomic E-state index is 0.181. The maximum atomic E-state index is 11.3. The van der Waals surface area contributed by atoms with E-state index in [1.807, 2.05) is 11.8 Å². The molecule has 0 bridgehead atoms. The van der Waals surface area contributed by atoms with E-state index in [4.69, 9.17) is 9.47 Å². The third-order valence-electron chi connectivity index (χ3n) is 2.27. The number of carbonyl (C=O) groups is 2. The van der Waals surface area contributed by atoms with Gasteiger partial charge in [-0.1, -0.05) is 6.92 Å². The molecular weight excluding hydrogens is 222 g/mol. The first-order chi connectivity index (χ1) is 8.13. The van der Waals surface area contributed by atoms with E-state index in [0.717, 1.165) is 6.54 Å². The smallest absolute Gasteiger partial charge is 0.320 e. The van der Waals surface area contributed by atoms with Gasteiger partial charge in [0.15, 0.2) is 0 Å². The molecular formula is C12H23NO4. The van der Waals surface area contributed by atoms with Crippen molar-refractivity contribution in [3.63, 3.8) is 0 Å². The van der Waals surface area contributed by atoms with E-state index in [9.17, 15) is 9.59 Å². The molecule has 0 N–H and O–H groups in total. The largest absolute Gasteiger partial charge is 0.466 e. The number of likely N-dealkylation sites (N-methyl/N-ethyl adjacent to an activating group) is 1. The molecule has 0 fully saturated rings. The van der Waals surface area contributed by atoms with Crippen LogP contribution in [0.1, 0.15) is 33.6 Å². The van der Waals surface area contributed by atoms with E-state index in [0.29, 0.717) is 32.6 Å². The number of nitrogens with zero attached hydrogens (tertiary/aromatic N) is 1. The van der Waals surface area contributed by atoms with Crippen LogP contribution in [0, 0.1) is 0 Å². The van der Waals surface area contributed by atoms with E-state index in [-0.39, 0.29) is 18.5 Å². The first kappa shape index (κ1) is 15.9. The van der Waals surface area contributed by atoms with Crippen molar-refractivity contribution in [1.82, 2.24) is 4.90 Å². The molecule has 0 heterocycles. The van der Waals surface area contributed by atoms with E-state index in [1.54, 1.807) is 13.8 Å². The highest BCUT2D eigenvalue weighted by Gasteiger charge is 2.10. The lowest BCUT2D eigenvalue weighted by Gasteiger charge is -2.18. The fourth-order valence-electron chi connectivity index (χ4n) is 1.42. The summed E-state index contributed by atoms with van der Waals surface area (Å²) in [6.07, 6.45) is 1.10. The van der Waals surface area contributed by atoms with Gasteiger partial charge in [0.05, 0.1) is 19.8 Å².